The third-order valence-electron chi connectivity index (χ3n) is 1.16. The number of rotatable bonds is 5. The van der Waals surface area contributed by atoms with E-state index >= 15 is 0 Å². The molecule has 0 aliphatic rings. The van der Waals surface area contributed by atoms with Crippen LogP contribution >= 0.6 is 0 Å². The summed E-state index contributed by atoms with van der Waals surface area (Å²) in [7, 11) is 0. The quantitative estimate of drug-likeness (QED) is 0.463. The first-order valence-corrected chi connectivity index (χ1v) is 3.97. The van der Waals surface area contributed by atoms with Crippen molar-refractivity contribution in [2.24, 2.45) is 0 Å². The van der Waals surface area contributed by atoms with Gasteiger partial charge in [-0.2, -0.15) is 0 Å². The number of esters is 1. The van der Waals surface area contributed by atoms with Crippen molar-refractivity contribution in [3.63, 3.8) is 0 Å². The lowest BCUT2D eigenvalue weighted by molar-refractivity contribution is -0.142. The van der Waals surface area contributed by atoms with Gasteiger partial charge in [-0.3, -0.25) is 9.59 Å². The van der Waals surface area contributed by atoms with Crippen LogP contribution in [0.15, 0.2) is 12.2 Å². The van der Waals surface area contributed by atoms with E-state index in [0.717, 1.165) is 0 Å². The van der Waals surface area contributed by atoms with Crippen LogP contribution in [0, 0.1) is 0 Å². The molecule has 0 saturated carbocycles. The molecule has 0 amide bonds. The van der Waals surface area contributed by atoms with Gasteiger partial charge in [0.05, 0.1) is 13.0 Å². The molecule has 0 fully saturated rings. The summed E-state index contributed by atoms with van der Waals surface area (Å²) in [6.45, 7) is 3.67. The number of carbonyl (C=O) groups excluding carboxylic acids is 2. The number of ketones is 1. The van der Waals surface area contributed by atoms with Crippen molar-refractivity contribution in [3.8, 4) is 0 Å². The molecular formula is C9H14O3. The minimum Gasteiger partial charge on any atom is -0.466 e. The van der Waals surface area contributed by atoms with Gasteiger partial charge in [0, 0.05) is 6.42 Å². The number of hydrogen-bond donors (Lipinski definition) is 0. The molecule has 0 aliphatic carbocycles. The average Bonchev–Trinajstić information content (AvgIpc) is 1.98. The van der Waals surface area contributed by atoms with Gasteiger partial charge in [-0.15, -0.1) is 0 Å². The number of Topliss-reactive ketones (excluding diaryl/α,β-unsaturated/α-hetero) is 1. The molecule has 12 heavy (non-hydrogen) atoms. The molecule has 0 rings (SSSR count). The zero-order valence-electron chi connectivity index (χ0n) is 7.50. The van der Waals surface area contributed by atoms with Crippen LogP contribution in [0.3, 0.4) is 0 Å². The van der Waals surface area contributed by atoms with Crippen molar-refractivity contribution in [2.75, 3.05) is 6.61 Å². The highest BCUT2D eigenvalue weighted by molar-refractivity contribution is 5.77. The van der Waals surface area contributed by atoms with Crippen molar-refractivity contribution in [3.05, 3.63) is 12.2 Å². The maximum atomic E-state index is 10.7. The minimum absolute atomic E-state index is 0.0927. The van der Waals surface area contributed by atoms with E-state index in [1.54, 1.807) is 19.1 Å². The van der Waals surface area contributed by atoms with Crippen LogP contribution in [0.5, 0.6) is 0 Å². The molecule has 0 bridgehead atoms. The van der Waals surface area contributed by atoms with Crippen LogP contribution in [-0.4, -0.2) is 18.4 Å². The highest BCUT2D eigenvalue weighted by Gasteiger charge is 1.95. The molecule has 0 aromatic heterocycles. The Labute approximate surface area is 72.4 Å². The Hall–Kier alpha value is -1.12. The molecule has 0 heterocycles. The van der Waals surface area contributed by atoms with Gasteiger partial charge >= 0.3 is 5.97 Å². The standard InChI is InChI=1S/C9H14O3/c1-3-12-9(11)7-5-4-6-8(2)10/h4-5H,3,6-7H2,1-2H3. The smallest absolute Gasteiger partial charge is 0.309 e. The van der Waals surface area contributed by atoms with Crippen molar-refractivity contribution in [1.29, 1.82) is 0 Å². The molecule has 0 aromatic carbocycles. The number of carbonyl (C=O) groups is 2. The Morgan fingerprint density at radius 2 is 1.83 bits per heavy atom. The summed E-state index contributed by atoms with van der Waals surface area (Å²) in [5.74, 6) is -0.160. The summed E-state index contributed by atoms with van der Waals surface area (Å²) in [5, 5.41) is 0. The molecular weight excluding hydrogens is 156 g/mol. The largest absolute Gasteiger partial charge is 0.466 e. The lowest BCUT2D eigenvalue weighted by Crippen LogP contribution is -2.01. The Morgan fingerprint density at radius 1 is 1.25 bits per heavy atom. The topological polar surface area (TPSA) is 43.4 Å². The van der Waals surface area contributed by atoms with E-state index in [2.05, 4.69) is 4.74 Å². The zero-order chi connectivity index (χ0) is 9.40. The van der Waals surface area contributed by atoms with Gasteiger partial charge in [-0.05, 0) is 13.8 Å². The van der Waals surface area contributed by atoms with E-state index in [1.807, 2.05) is 0 Å². The number of allylic oxidation sites excluding steroid dienone is 1. The number of hydrogen-bond acceptors (Lipinski definition) is 3. The molecule has 0 N–H and O–H groups in total. The summed E-state index contributed by atoms with van der Waals surface area (Å²) >= 11 is 0. The fourth-order valence-electron chi connectivity index (χ4n) is 0.649. The van der Waals surface area contributed by atoms with Crippen molar-refractivity contribution in [2.45, 2.75) is 26.7 Å². The van der Waals surface area contributed by atoms with Crippen LogP contribution in [-0.2, 0) is 14.3 Å². The van der Waals surface area contributed by atoms with Gasteiger partial charge in [-0.25, -0.2) is 0 Å². The lowest BCUT2D eigenvalue weighted by atomic mass is 10.3. The highest BCUT2D eigenvalue weighted by Crippen LogP contribution is 1.91. The molecule has 68 valence electrons. The molecule has 3 heteroatoms. The second kappa shape index (κ2) is 6.58. The first-order chi connectivity index (χ1) is 5.66. The lowest BCUT2D eigenvalue weighted by Gasteiger charge is -1.95. The van der Waals surface area contributed by atoms with Gasteiger partial charge in [0.2, 0.25) is 0 Å². The maximum Gasteiger partial charge on any atom is 0.309 e. The van der Waals surface area contributed by atoms with Gasteiger partial charge in [0.1, 0.15) is 5.78 Å². The molecule has 0 aromatic rings. The fourth-order valence-corrected chi connectivity index (χ4v) is 0.649. The zero-order valence-corrected chi connectivity index (χ0v) is 7.50. The van der Waals surface area contributed by atoms with Crippen LogP contribution in [0.25, 0.3) is 0 Å². The Morgan fingerprint density at radius 3 is 2.33 bits per heavy atom. The Bertz CT molecular complexity index is 182. The normalized spacial score (nSPS) is 10.2. The second-order valence-electron chi connectivity index (χ2n) is 2.39. The van der Waals surface area contributed by atoms with Crippen molar-refractivity contribution >= 4 is 11.8 Å². The van der Waals surface area contributed by atoms with E-state index in [4.69, 9.17) is 0 Å². The summed E-state index contributed by atoms with van der Waals surface area (Å²) in [4.78, 5) is 21.2. The molecule has 0 atom stereocenters. The average molecular weight is 170 g/mol. The maximum absolute atomic E-state index is 10.7. The van der Waals surface area contributed by atoms with Crippen LogP contribution < -0.4 is 0 Å². The molecule has 3 nitrogen and oxygen atoms in total. The summed E-state index contributed by atoms with van der Waals surface area (Å²) in [6, 6.07) is 0. The van der Waals surface area contributed by atoms with Crippen LogP contribution in [0.2, 0.25) is 0 Å². The molecule has 0 saturated heterocycles. The summed E-state index contributed by atoms with van der Waals surface area (Å²) in [5.41, 5.74) is 0. The van der Waals surface area contributed by atoms with Gasteiger partial charge in [-0.1, -0.05) is 12.2 Å². The highest BCUT2D eigenvalue weighted by atomic mass is 16.5. The predicted molar refractivity (Wildman–Crippen MR) is 45.7 cm³/mol. The van der Waals surface area contributed by atoms with Crippen LogP contribution in [0.1, 0.15) is 26.7 Å². The third-order valence-corrected chi connectivity index (χ3v) is 1.16. The molecule has 0 unspecified atom stereocenters. The predicted octanol–water partition coefficient (Wildman–Crippen LogP) is 1.47. The Kier molecular flexibility index (Phi) is 5.97. The molecule has 0 aliphatic heterocycles. The minimum atomic E-state index is -0.252. The van der Waals surface area contributed by atoms with E-state index < -0.39 is 0 Å². The first-order valence-electron chi connectivity index (χ1n) is 3.97. The monoisotopic (exact) mass is 170 g/mol. The first kappa shape index (κ1) is 10.9. The van der Waals surface area contributed by atoms with Crippen LogP contribution in [0.4, 0.5) is 0 Å². The molecule has 0 radical (unpaired) electrons. The van der Waals surface area contributed by atoms with Crippen molar-refractivity contribution in [1.82, 2.24) is 0 Å². The van der Waals surface area contributed by atoms with Crippen molar-refractivity contribution < 1.29 is 14.3 Å². The fraction of sp³-hybridized carbons (Fsp3) is 0.556. The van der Waals surface area contributed by atoms with E-state index in [-0.39, 0.29) is 18.2 Å². The van der Waals surface area contributed by atoms with E-state index in [9.17, 15) is 9.59 Å². The summed E-state index contributed by atoms with van der Waals surface area (Å²) in [6.07, 6.45) is 3.97. The van der Waals surface area contributed by atoms with Gasteiger partial charge in [0.25, 0.3) is 0 Å². The number of ether oxygens (including phenoxy) is 1. The van der Waals surface area contributed by atoms with E-state index in [0.29, 0.717) is 13.0 Å². The van der Waals surface area contributed by atoms with E-state index in [1.165, 1.54) is 6.92 Å². The molecule has 0 spiro atoms. The second-order valence-corrected chi connectivity index (χ2v) is 2.39. The van der Waals surface area contributed by atoms with Gasteiger partial charge in [0.15, 0.2) is 0 Å². The third kappa shape index (κ3) is 6.99. The summed E-state index contributed by atoms with van der Waals surface area (Å²) < 4.78 is 4.67. The van der Waals surface area contributed by atoms with Gasteiger partial charge < -0.3 is 4.74 Å². The Balaban J connectivity index is 3.46. The SMILES string of the molecule is CCOC(=O)CC=CCC(C)=O.